The molecule has 1 aromatic heterocycles. The zero-order chi connectivity index (χ0) is 20.3. The summed E-state index contributed by atoms with van der Waals surface area (Å²) in [6.45, 7) is 5.87. The minimum atomic E-state index is 0.453. The molecule has 2 N–H and O–H groups in total. The van der Waals surface area contributed by atoms with Crippen molar-refractivity contribution in [1.29, 1.82) is 0 Å². The predicted molar refractivity (Wildman–Crippen MR) is 114 cm³/mol. The maximum Gasteiger partial charge on any atom is 0.229 e. The summed E-state index contributed by atoms with van der Waals surface area (Å²) < 4.78 is 10.9. The molecular weight excluding hydrogens is 376 g/mol. The topological polar surface area (TPSA) is 68.3 Å². The van der Waals surface area contributed by atoms with Crippen LogP contribution >= 0.6 is 11.6 Å². The van der Waals surface area contributed by atoms with E-state index >= 15 is 0 Å². The summed E-state index contributed by atoms with van der Waals surface area (Å²) in [5, 5.41) is 7.17. The molecule has 0 fully saturated rings. The summed E-state index contributed by atoms with van der Waals surface area (Å²) >= 11 is 6.19. The predicted octanol–water partition coefficient (Wildman–Crippen LogP) is 5.56. The molecule has 3 aromatic rings. The average molecular weight is 399 g/mol. The Balaban J connectivity index is 1.93. The van der Waals surface area contributed by atoms with Crippen molar-refractivity contribution in [3.8, 4) is 11.5 Å². The molecule has 0 radical (unpaired) electrons. The van der Waals surface area contributed by atoms with Crippen LogP contribution in [0.2, 0.25) is 5.02 Å². The number of aryl methyl sites for hydroxylation is 3. The van der Waals surface area contributed by atoms with Crippen LogP contribution in [0.1, 0.15) is 16.8 Å². The summed E-state index contributed by atoms with van der Waals surface area (Å²) in [4.78, 5) is 9.06. The fraction of sp³-hybridized carbons (Fsp3) is 0.238. The number of nitrogens with zero attached hydrogens (tertiary/aromatic N) is 2. The van der Waals surface area contributed by atoms with Crippen molar-refractivity contribution < 1.29 is 9.47 Å². The first kappa shape index (κ1) is 19.8. The average Bonchev–Trinajstić information content (AvgIpc) is 2.64. The van der Waals surface area contributed by atoms with E-state index in [1.165, 1.54) is 0 Å². The van der Waals surface area contributed by atoms with Crippen LogP contribution in [0.15, 0.2) is 36.4 Å². The van der Waals surface area contributed by atoms with Gasteiger partial charge in [0.05, 0.1) is 25.6 Å². The Morgan fingerprint density at radius 1 is 0.821 bits per heavy atom. The first-order chi connectivity index (χ1) is 13.4. The summed E-state index contributed by atoms with van der Waals surface area (Å²) in [6, 6.07) is 11.5. The van der Waals surface area contributed by atoms with Crippen LogP contribution in [0.4, 0.5) is 23.1 Å². The zero-order valence-corrected chi connectivity index (χ0v) is 17.3. The van der Waals surface area contributed by atoms with Crippen LogP contribution in [0.25, 0.3) is 0 Å². The number of hydrogen-bond acceptors (Lipinski definition) is 6. The second-order valence-corrected chi connectivity index (χ2v) is 6.88. The van der Waals surface area contributed by atoms with E-state index in [1.807, 2.05) is 51.1 Å². The number of rotatable bonds is 6. The summed E-state index contributed by atoms with van der Waals surface area (Å²) in [6.07, 6.45) is 0. The number of ether oxygens (including phenoxy) is 2. The van der Waals surface area contributed by atoms with E-state index in [-0.39, 0.29) is 0 Å². The molecule has 146 valence electrons. The third kappa shape index (κ3) is 4.46. The molecule has 3 rings (SSSR count). The molecular formula is C21H23ClN4O2. The van der Waals surface area contributed by atoms with Crippen molar-refractivity contribution in [1.82, 2.24) is 9.97 Å². The van der Waals surface area contributed by atoms with Gasteiger partial charge in [-0.25, -0.2) is 4.98 Å². The van der Waals surface area contributed by atoms with Gasteiger partial charge in [-0.1, -0.05) is 17.7 Å². The molecule has 6 nitrogen and oxygen atoms in total. The van der Waals surface area contributed by atoms with Gasteiger partial charge in [0.15, 0.2) is 0 Å². The van der Waals surface area contributed by atoms with Gasteiger partial charge in [-0.15, -0.1) is 0 Å². The second kappa shape index (κ2) is 8.35. The van der Waals surface area contributed by atoms with E-state index in [4.69, 9.17) is 21.1 Å². The van der Waals surface area contributed by atoms with E-state index < -0.39 is 0 Å². The maximum absolute atomic E-state index is 6.19. The van der Waals surface area contributed by atoms with Crippen molar-refractivity contribution >= 4 is 34.7 Å². The molecule has 0 saturated heterocycles. The number of aromatic nitrogens is 2. The van der Waals surface area contributed by atoms with Crippen molar-refractivity contribution in [2.24, 2.45) is 0 Å². The van der Waals surface area contributed by atoms with Gasteiger partial charge < -0.3 is 20.1 Å². The molecule has 0 amide bonds. The summed E-state index contributed by atoms with van der Waals surface area (Å²) in [5.74, 6) is 2.47. The number of methoxy groups -OCH3 is 2. The SMILES string of the molecule is COc1ccc(C)cc1Nc1cc(C)nc(Nc2cc(C)c(Cl)cc2OC)n1. The Bertz CT molecular complexity index is 1010. The van der Waals surface area contributed by atoms with Gasteiger partial charge in [0.2, 0.25) is 5.95 Å². The molecule has 1 heterocycles. The molecule has 28 heavy (non-hydrogen) atoms. The van der Waals surface area contributed by atoms with Crippen LogP contribution in [-0.4, -0.2) is 24.2 Å². The van der Waals surface area contributed by atoms with Gasteiger partial charge in [-0.05, 0) is 50.1 Å². The van der Waals surface area contributed by atoms with Crippen LogP contribution < -0.4 is 20.1 Å². The first-order valence-corrected chi connectivity index (χ1v) is 9.16. The van der Waals surface area contributed by atoms with Crippen LogP contribution in [-0.2, 0) is 0 Å². The molecule has 0 spiro atoms. The lowest BCUT2D eigenvalue weighted by atomic mass is 10.2. The van der Waals surface area contributed by atoms with Gasteiger partial charge in [-0.3, -0.25) is 0 Å². The fourth-order valence-electron chi connectivity index (χ4n) is 2.80. The Kier molecular flexibility index (Phi) is 5.90. The summed E-state index contributed by atoms with van der Waals surface area (Å²) in [5.41, 5.74) is 4.45. The van der Waals surface area contributed by atoms with Gasteiger partial charge in [0, 0.05) is 22.8 Å². The van der Waals surface area contributed by atoms with Crippen molar-refractivity contribution in [3.05, 3.63) is 58.2 Å². The highest BCUT2D eigenvalue weighted by Crippen LogP contribution is 2.33. The lowest BCUT2D eigenvalue weighted by Crippen LogP contribution is -2.04. The van der Waals surface area contributed by atoms with E-state index in [0.717, 1.165) is 33.9 Å². The van der Waals surface area contributed by atoms with Crippen LogP contribution in [0, 0.1) is 20.8 Å². The Labute approximate surface area is 169 Å². The van der Waals surface area contributed by atoms with Gasteiger partial charge in [0.25, 0.3) is 0 Å². The quantitative estimate of drug-likeness (QED) is 0.566. The Hall–Kier alpha value is -2.99. The highest BCUT2D eigenvalue weighted by Gasteiger charge is 2.11. The molecule has 7 heteroatoms. The number of hydrogen-bond donors (Lipinski definition) is 2. The number of benzene rings is 2. The molecule has 0 saturated carbocycles. The minimum absolute atomic E-state index is 0.453. The molecule has 0 aliphatic rings. The number of anilines is 4. The lowest BCUT2D eigenvalue weighted by molar-refractivity contribution is 0.416. The van der Waals surface area contributed by atoms with Crippen LogP contribution in [0.5, 0.6) is 11.5 Å². The highest BCUT2D eigenvalue weighted by molar-refractivity contribution is 6.31. The van der Waals surface area contributed by atoms with Gasteiger partial charge >= 0.3 is 0 Å². The van der Waals surface area contributed by atoms with Crippen molar-refractivity contribution in [2.45, 2.75) is 20.8 Å². The van der Waals surface area contributed by atoms with Crippen molar-refractivity contribution in [2.75, 3.05) is 24.9 Å². The third-order valence-electron chi connectivity index (χ3n) is 4.20. The van der Waals surface area contributed by atoms with E-state index in [0.29, 0.717) is 22.5 Å². The lowest BCUT2D eigenvalue weighted by Gasteiger charge is -2.15. The number of halogens is 1. The third-order valence-corrected chi connectivity index (χ3v) is 4.61. The molecule has 0 atom stereocenters. The van der Waals surface area contributed by atoms with E-state index in [1.54, 1.807) is 20.3 Å². The fourth-order valence-corrected chi connectivity index (χ4v) is 2.95. The number of nitrogens with one attached hydrogen (secondary N) is 2. The smallest absolute Gasteiger partial charge is 0.229 e. The normalized spacial score (nSPS) is 10.5. The maximum atomic E-state index is 6.19. The zero-order valence-electron chi connectivity index (χ0n) is 16.6. The highest BCUT2D eigenvalue weighted by atomic mass is 35.5. The largest absolute Gasteiger partial charge is 0.495 e. The van der Waals surface area contributed by atoms with Gasteiger partial charge in [-0.2, -0.15) is 4.98 Å². The second-order valence-electron chi connectivity index (χ2n) is 6.47. The summed E-state index contributed by atoms with van der Waals surface area (Å²) in [7, 11) is 3.24. The molecule has 0 bridgehead atoms. The Morgan fingerprint density at radius 3 is 2.25 bits per heavy atom. The first-order valence-electron chi connectivity index (χ1n) is 8.78. The molecule has 2 aromatic carbocycles. The Morgan fingerprint density at radius 2 is 1.54 bits per heavy atom. The molecule has 0 unspecified atom stereocenters. The monoisotopic (exact) mass is 398 g/mol. The van der Waals surface area contributed by atoms with Crippen LogP contribution in [0.3, 0.4) is 0 Å². The molecule has 0 aliphatic heterocycles. The molecule has 0 aliphatic carbocycles. The van der Waals surface area contributed by atoms with Crippen molar-refractivity contribution in [3.63, 3.8) is 0 Å². The standard InChI is InChI=1S/C21H23ClN4O2/c1-12-6-7-18(27-4)16(8-12)24-20-10-14(3)23-21(26-20)25-17-9-13(2)15(22)11-19(17)28-5/h6-11H,1-5H3,(H2,23,24,25,26). The van der Waals surface area contributed by atoms with Gasteiger partial charge in [0.1, 0.15) is 17.3 Å². The van der Waals surface area contributed by atoms with E-state index in [9.17, 15) is 0 Å². The minimum Gasteiger partial charge on any atom is -0.495 e. The van der Waals surface area contributed by atoms with E-state index in [2.05, 4.69) is 20.6 Å².